The van der Waals surface area contributed by atoms with Crippen LogP contribution < -0.4 is 10.1 Å². The van der Waals surface area contributed by atoms with Gasteiger partial charge < -0.3 is 15.0 Å². The first-order valence-electron chi connectivity index (χ1n) is 7.07. The lowest BCUT2D eigenvalue weighted by atomic mass is 10.1. The number of nitrogens with zero attached hydrogens (tertiary/aromatic N) is 1. The minimum absolute atomic E-state index is 0. The van der Waals surface area contributed by atoms with Crippen molar-refractivity contribution in [1.29, 1.82) is 0 Å². The molecule has 1 N–H and O–H groups in total. The van der Waals surface area contributed by atoms with Crippen LogP contribution in [-0.4, -0.2) is 44.4 Å². The molecule has 1 amide bonds. The zero-order valence-electron chi connectivity index (χ0n) is 12.9. The quantitative estimate of drug-likeness (QED) is 0.856. The van der Waals surface area contributed by atoms with E-state index >= 15 is 0 Å². The number of carbonyl (C=O) groups is 1. The van der Waals surface area contributed by atoms with Crippen molar-refractivity contribution in [3.05, 3.63) is 29.8 Å². The molecule has 1 fully saturated rings. The normalized spacial score (nSPS) is 19.7. The molecule has 8 heteroatoms. The monoisotopic (exact) mass is 352 g/mol. The number of para-hydroxylation sites is 1. The van der Waals surface area contributed by atoms with Gasteiger partial charge in [0.2, 0.25) is 5.91 Å². The Morgan fingerprint density at radius 1 is 1.39 bits per heavy atom. The number of hydrogen-bond donors (Lipinski definition) is 1. The Morgan fingerprint density at radius 2 is 2.04 bits per heavy atom. The van der Waals surface area contributed by atoms with E-state index in [2.05, 4.69) is 10.1 Å². The van der Waals surface area contributed by atoms with Gasteiger partial charge in [0.1, 0.15) is 5.75 Å². The second-order valence-electron chi connectivity index (χ2n) is 5.40. The summed E-state index contributed by atoms with van der Waals surface area (Å²) in [7, 11) is 3.50. The van der Waals surface area contributed by atoms with Gasteiger partial charge in [-0.15, -0.1) is 25.6 Å². The molecular formula is C15H20ClF3N2O2. The molecule has 0 spiro atoms. The Balaban J connectivity index is 0.00000264. The molecule has 0 aromatic heterocycles. The second-order valence-corrected chi connectivity index (χ2v) is 5.40. The number of hydrogen-bond acceptors (Lipinski definition) is 3. The molecule has 0 bridgehead atoms. The summed E-state index contributed by atoms with van der Waals surface area (Å²) in [6.07, 6.45) is -4.17. The summed E-state index contributed by atoms with van der Waals surface area (Å²) in [4.78, 5) is 13.8. The van der Waals surface area contributed by atoms with Crippen LogP contribution >= 0.6 is 12.4 Å². The Hall–Kier alpha value is -1.47. The third kappa shape index (κ3) is 5.28. The number of alkyl halides is 3. The van der Waals surface area contributed by atoms with Gasteiger partial charge in [0, 0.05) is 26.1 Å². The molecule has 23 heavy (non-hydrogen) atoms. The van der Waals surface area contributed by atoms with Crippen molar-refractivity contribution in [3.8, 4) is 5.75 Å². The molecule has 0 saturated heterocycles. The SMILES string of the molecule is CNCCN(C)C(=O)C1CC1c1ccccc1OC(F)(F)F.Cl. The molecule has 1 saturated carbocycles. The number of amides is 1. The summed E-state index contributed by atoms with van der Waals surface area (Å²) in [6.45, 7) is 1.24. The maximum absolute atomic E-state index is 12.4. The third-order valence-corrected chi connectivity index (χ3v) is 3.73. The van der Waals surface area contributed by atoms with Gasteiger partial charge in [-0.05, 0) is 31.0 Å². The van der Waals surface area contributed by atoms with Gasteiger partial charge in [-0.2, -0.15) is 0 Å². The maximum Gasteiger partial charge on any atom is 0.573 e. The highest BCUT2D eigenvalue weighted by Gasteiger charge is 2.47. The van der Waals surface area contributed by atoms with Crippen LogP contribution in [0, 0.1) is 5.92 Å². The number of carbonyl (C=O) groups excluding carboxylic acids is 1. The zero-order valence-corrected chi connectivity index (χ0v) is 13.7. The largest absolute Gasteiger partial charge is 0.573 e. The van der Waals surface area contributed by atoms with Gasteiger partial charge in [0.15, 0.2) is 0 Å². The average Bonchev–Trinajstić information content (AvgIpc) is 3.23. The number of nitrogens with one attached hydrogen (secondary N) is 1. The van der Waals surface area contributed by atoms with Crippen molar-refractivity contribution in [2.45, 2.75) is 18.7 Å². The van der Waals surface area contributed by atoms with Crippen molar-refractivity contribution in [2.75, 3.05) is 27.2 Å². The molecule has 1 aliphatic carbocycles. The molecule has 2 unspecified atom stereocenters. The number of likely N-dealkylation sites (N-methyl/N-ethyl adjacent to an activating group) is 2. The fourth-order valence-corrected chi connectivity index (χ4v) is 2.49. The van der Waals surface area contributed by atoms with Gasteiger partial charge in [0.05, 0.1) is 0 Å². The molecule has 0 heterocycles. The first kappa shape index (κ1) is 19.6. The van der Waals surface area contributed by atoms with Crippen LogP contribution in [0.15, 0.2) is 24.3 Å². The highest BCUT2D eigenvalue weighted by molar-refractivity contribution is 5.85. The van der Waals surface area contributed by atoms with E-state index < -0.39 is 6.36 Å². The number of benzene rings is 1. The van der Waals surface area contributed by atoms with Crippen LogP contribution in [0.25, 0.3) is 0 Å². The smallest absolute Gasteiger partial charge is 0.405 e. The van der Waals surface area contributed by atoms with Crippen LogP contribution in [0.2, 0.25) is 0 Å². The van der Waals surface area contributed by atoms with E-state index in [-0.39, 0.29) is 35.9 Å². The van der Waals surface area contributed by atoms with E-state index in [0.717, 1.165) is 0 Å². The summed E-state index contributed by atoms with van der Waals surface area (Å²) in [5, 5.41) is 2.95. The van der Waals surface area contributed by atoms with Crippen molar-refractivity contribution >= 4 is 18.3 Å². The van der Waals surface area contributed by atoms with Crippen LogP contribution in [0.3, 0.4) is 0 Å². The highest BCUT2D eigenvalue weighted by Crippen LogP contribution is 2.51. The summed E-state index contributed by atoms with van der Waals surface area (Å²) in [5.74, 6) is -0.724. The maximum atomic E-state index is 12.4. The van der Waals surface area contributed by atoms with Crippen LogP contribution in [-0.2, 0) is 4.79 Å². The van der Waals surface area contributed by atoms with E-state index in [1.807, 2.05) is 0 Å². The topological polar surface area (TPSA) is 41.6 Å². The Bertz CT molecular complexity index is 540. The van der Waals surface area contributed by atoms with Crippen molar-refractivity contribution in [3.63, 3.8) is 0 Å². The number of rotatable bonds is 6. The van der Waals surface area contributed by atoms with Crippen LogP contribution in [0.5, 0.6) is 5.75 Å². The zero-order chi connectivity index (χ0) is 16.3. The second kappa shape index (κ2) is 7.88. The van der Waals surface area contributed by atoms with Gasteiger partial charge >= 0.3 is 6.36 Å². The van der Waals surface area contributed by atoms with Gasteiger partial charge in [0.25, 0.3) is 0 Å². The first-order chi connectivity index (χ1) is 10.3. The predicted molar refractivity (Wildman–Crippen MR) is 82.8 cm³/mol. The van der Waals surface area contributed by atoms with E-state index in [9.17, 15) is 18.0 Å². The lowest BCUT2D eigenvalue weighted by molar-refractivity contribution is -0.274. The minimum atomic E-state index is -4.73. The molecule has 4 nitrogen and oxygen atoms in total. The summed E-state index contributed by atoms with van der Waals surface area (Å²) in [6, 6.07) is 6.02. The Labute approximate surface area is 139 Å². The summed E-state index contributed by atoms with van der Waals surface area (Å²) < 4.78 is 41.3. The molecular weight excluding hydrogens is 333 g/mol. The summed E-state index contributed by atoms with van der Waals surface area (Å²) in [5.41, 5.74) is 0.445. The van der Waals surface area contributed by atoms with Gasteiger partial charge in [-0.25, -0.2) is 0 Å². The minimum Gasteiger partial charge on any atom is -0.405 e. The number of halogens is 4. The first-order valence-corrected chi connectivity index (χ1v) is 7.07. The van der Waals surface area contributed by atoms with E-state index in [4.69, 9.17) is 0 Å². The van der Waals surface area contributed by atoms with Crippen molar-refractivity contribution < 1.29 is 22.7 Å². The molecule has 2 rings (SSSR count). The van der Waals surface area contributed by atoms with Gasteiger partial charge in [-0.1, -0.05) is 18.2 Å². The molecule has 1 aromatic carbocycles. The third-order valence-electron chi connectivity index (χ3n) is 3.73. The standard InChI is InChI=1S/C15H19F3N2O2.ClH/c1-19-7-8-20(2)14(21)12-9-11(12)10-5-3-4-6-13(10)22-15(16,17)18;/h3-6,11-12,19H,7-9H2,1-2H3;1H. The highest BCUT2D eigenvalue weighted by atomic mass is 35.5. The lowest BCUT2D eigenvalue weighted by Crippen LogP contribution is -2.34. The fraction of sp³-hybridized carbons (Fsp3) is 0.533. The molecule has 130 valence electrons. The molecule has 0 aliphatic heterocycles. The van der Waals surface area contributed by atoms with E-state index in [1.54, 1.807) is 31.1 Å². The van der Waals surface area contributed by atoms with Crippen LogP contribution in [0.1, 0.15) is 17.9 Å². The molecule has 0 radical (unpaired) electrons. The Kier molecular flexibility index (Phi) is 6.70. The lowest BCUT2D eigenvalue weighted by Gasteiger charge is -2.17. The molecule has 2 atom stereocenters. The average molecular weight is 353 g/mol. The van der Waals surface area contributed by atoms with Crippen molar-refractivity contribution in [1.82, 2.24) is 10.2 Å². The van der Waals surface area contributed by atoms with Crippen molar-refractivity contribution in [2.24, 2.45) is 5.92 Å². The predicted octanol–water partition coefficient (Wildman–Crippen LogP) is 2.79. The van der Waals surface area contributed by atoms with E-state index in [0.29, 0.717) is 25.1 Å². The molecule has 1 aliphatic rings. The Morgan fingerprint density at radius 3 is 2.65 bits per heavy atom. The van der Waals surface area contributed by atoms with E-state index in [1.165, 1.54) is 12.1 Å². The summed E-state index contributed by atoms with van der Waals surface area (Å²) >= 11 is 0. The molecule has 1 aromatic rings. The van der Waals surface area contributed by atoms with Crippen LogP contribution in [0.4, 0.5) is 13.2 Å². The van der Waals surface area contributed by atoms with Gasteiger partial charge in [-0.3, -0.25) is 4.79 Å². The fourth-order valence-electron chi connectivity index (χ4n) is 2.49. The number of ether oxygens (including phenoxy) is 1.